The number of rotatable bonds is 4. The van der Waals surface area contributed by atoms with Crippen molar-refractivity contribution in [2.75, 3.05) is 5.32 Å². The molecule has 5 nitrogen and oxygen atoms in total. The van der Waals surface area contributed by atoms with Crippen molar-refractivity contribution >= 4 is 22.4 Å². The van der Waals surface area contributed by atoms with Gasteiger partial charge in [-0.3, -0.25) is 0 Å². The first-order valence-electron chi connectivity index (χ1n) is 8.98. The van der Waals surface area contributed by atoms with E-state index >= 15 is 0 Å². The Balaban J connectivity index is 1.66. The van der Waals surface area contributed by atoms with Crippen molar-refractivity contribution in [3.8, 4) is 11.3 Å². The molecule has 6 heteroatoms. The first-order chi connectivity index (χ1) is 13.8. The molecule has 0 aliphatic carbocycles. The quantitative estimate of drug-likeness (QED) is 0.499. The maximum Gasteiger partial charge on any atom is 0.186 e. The average Bonchev–Trinajstić information content (AvgIpc) is 3.18. The summed E-state index contributed by atoms with van der Waals surface area (Å²) in [6.45, 7) is 0.335. The number of halogens is 1. The van der Waals surface area contributed by atoms with E-state index in [2.05, 4.69) is 15.6 Å². The predicted octanol–water partition coefficient (Wildman–Crippen LogP) is 4.70. The summed E-state index contributed by atoms with van der Waals surface area (Å²) in [5.41, 5.74) is 3.78. The monoisotopic (exact) mass is 369 g/mol. The molecule has 2 aromatic heterocycles. The largest absolute Gasteiger partial charge is 0.365 e. The SMILES string of the molecule is Fc1ccccc1CNc1nc2c(-c3ccccc3)nnn2c2ccccc12. The van der Waals surface area contributed by atoms with Gasteiger partial charge in [-0.15, -0.1) is 5.10 Å². The number of hydrogen-bond donors (Lipinski definition) is 1. The molecule has 0 aliphatic rings. The third kappa shape index (κ3) is 2.75. The number of aromatic nitrogens is 4. The van der Waals surface area contributed by atoms with Crippen LogP contribution in [0.4, 0.5) is 10.2 Å². The summed E-state index contributed by atoms with van der Waals surface area (Å²) >= 11 is 0. The molecule has 0 bridgehead atoms. The van der Waals surface area contributed by atoms with E-state index in [4.69, 9.17) is 4.98 Å². The molecule has 0 radical (unpaired) electrons. The van der Waals surface area contributed by atoms with E-state index in [1.54, 1.807) is 16.6 Å². The summed E-state index contributed by atoms with van der Waals surface area (Å²) in [6, 6.07) is 24.4. The Morgan fingerprint density at radius 2 is 1.61 bits per heavy atom. The minimum Gasteiger partial charge on any atom is -0.365 e. The summed E-state index contributed by atoms with van der Waals surface area (Å²) in [5.74, 6) is 0.433. The van der Waals surface area contributed by atoms with Crippen molar-refractivity contribution in [1.29, 1.82) is 0 Å². The van der Waals surface area contributed by atoms with Crippen molar-refractivity contribution in [2.45, 2.75) is 6.54 Å². The Bertz CT molecular complexity index is 1280. The summed E-state index contributed by atoms with van der Waals surface area (Å²) in [6.07, 6.45) is 0. The van der Waals surface area contributed by atoms with Crippen LogP contribution in [0.25, 0.3) is 27.8 Å². The van der Waals surface area contributed by atoms with Crippen LogP contribution in [0, 0.1) is 5.82 Å². The smallest absolute Gasteiger partial charge is 0.186 e. The van der Waals surface area contributed by atoms with Crippen molar-refractivity contribution < 1.29 is 4.39 Å². The molecule has 0 amide bonds. The lowest BCUT2D eigenvalue weighted by atomic mass is 10.1. The molecule has 0 aliphatic heterocycles. The van der Waals surface area contributed by atoms with Gasteiger partial charge in [0, 0.05) is 23.1 Å². The summed E-state index contributed by atoms with van der Waals surface area (Å²) in [4.78, 5) is 4.79. The number of nitrogens with one attached hydrogen (secondary N) is 1. The highest BCUT2D eigenvalue weighted by Crippen LogP contribution is 2.28. The van der Waals surface area contributed by atoms with Gasteiger partial charge in [-0.05, 0) is 18.2 Å². The van der Waals surface area contributed by atoms with Crippen molar-refractivity contribution in [3.05, 3.63) is 90.2 Å². The second kappa shape index (κ2) is 6.74. The van der Waals surface area contributed by atoms with Crippen LogP contribution in [0.15, 0.2) is 78.9 Å². The number of benzene rings is 3. The first kappa shape index (κ1) is 16.4. The van der Waals surface area contributed by atoms with E-state index in [1.807, 2.05) is 60.7 Å². The minimum absolute atomic E-state index is 0.239. The Kier molecular flexibility index (Phi) is 3.94. The molecule has 2 heterocycles. The predicted molar refractivity (Wildman–Crippen MR) is 107 cm³/mol. The van der Waals surface area contributed by atoms with E-state index in [-0.39, 0.29) is 5.82 Å². The van der Waals surface area contributed by atoms with Gasteiger partial charge >= 0.3 is 0 Å². The van der Waals surface area contributed by atoms with Gasteiger partial charge in [-0.1, -0.05) is 65.9 Å². The first-order valence-corrected chi connectivity index (χ1v) is 8.98. The van der Waals surface area contributed by atoms with Crippen LogP contribution in [0.3, 0.4) is 0 Å². The lowest BCUT2D eigenvalue weighted by Crippen LogP contribution is -2.06. The molecule has 28 heavy (non-hydrogen) atoms. The Morgan fingerprint density at radius 3 is 2.46 bits per heavy atom. The second-order valence-corrected chi connectivity index (χ2v) is 6.46. The molecular weight excluding hydrogens is 353 g/mol. The molecule has 136 valence electrons. The maximum atomic E-state index is 14.0. The van der Waals surface area contributed by atoms with Crippen LogP contribution in [0.5, 0.6) is 0 Å². The van der Waals surface area contributed by atoms with Gasteiger partial charge < -0.3 is 5.32 Å². The van der Waals surface area contributed by atoms with E-state index in [9.17, 15) is 4.39 Å². The highest BCUT2D eigenvalue weighted by atomic mass is 19.1. The molecule has 0 atom stereocenters. The third-order valence-electron chi connectivity index (χ3n) is 4.70. The topological polar surface area (TPSA) is 55.1 Å². The van der Waals surface area contributed by atoms with Gasteiger partial charge in [0.2, 0.25) is 0 Å². The number of hydrogen-bond acceptors (Lipinski definition) is 4. The van der Waals surface area contributed by atoms with Gasteiger partial charge in [-0.25, -0.2) is 9.37 Å². The van der Waals surface area contributed by atoms with Crippen LogP contribution in [0.1, 0.15) is 5.56 Å². The van der Waals surface area contributed by atoms with Gasteiger partial charge in [0.1, 0.15) is 17.3 Å². The van der Waals surface area contributed by atoms with E-state index in [0.29, 0.717) is 29.3 Å². The molecule has 0 fully saturated rings. The zero-order valence-electron chi connectivity index (χ0n) is 14.9. The lowest BCUT2D eigenvalue weighted by Gasteiger charge is -2.11. The van der Waals surface area contributed by atoms with E-state index in [0.717, 1.165) is 16.5 Å². The third-order valence-corrected chi connectivity index (χ3v) is 4.70. The fourth-order valence-corrected chi connectivity index (χ4v) is 3.30. The van der Waals surface area contributed by atoms with Crippen molar-refractivity contribution in [2.24, 2.45) is 0 Å². The molecule has 0 unspecified atom stereocenters. The molecule has 5 rings (SSSR count). The maximum absolute atomic E-state index is 14.0. The standard InChI is InChI=1S/C22H16FN5/c23-18-12-6-4-10-16(18)14-24-21-17-11-5-7-13-19(17)28-22(25-21)20(26-27-28)15-8-2-1-3-9-15/h1-13H,14H2,(H,24,25). The average molecular weight is 369 g/mol. The molecule has 0 saturated heterocycles. The molecule has 0 saturated carbocycles. The van der Waals surface area contributed by atoms with Crippen LogP contribution < -0.4 is 5.32 Å². The number of fused-ring (bicyclic) bond motifs is 3. The number of para-hydroxylation sites is 1. The molecule has 1 N–H and O–H groups in total. The second-order valence-electron chi connectivity index (χ2n) is 6.46. The molecule has 3 aromatic carbocycles. The van der Waals surface area contributed by atoms with E-state index < -0.39 is 0 Å². The minimum atomic E-state index is -0.239. The van der Waals surface area contributed by atoms with Gasteiger partial charge in [0.25, 0.3) is 0 Å². The van der Waals surface area contributed by atoms with Crippen LogP contribution in [0.2, 0.25) is 0 Å². The molecule has 0 spiro atoms. The molecule has 5 aromatic rings. The number of anilines is 1. The highest BCUT2D eigenvalue weighted by Gasteiger charge is 2.15. The normalized spacial score (nSPS) is 11.2. The summed E-state index contributed by atoms with van der Waals surface area (Å²) in [7, 11) is 0. The Morgan fingerprint density at radius 1 is 0.857 bits per heavy atom. The lowest BCUT2D eigenvalue weighted by molar-refractivity contribution is 0.613. The molecular formula is C22H16FN5. The van der Waals surface area contributed by atoms with E-state index in [1.165, 1.54) is 6.07 Å². The summed E-state index contributed by atoms with van der Waals surface area (Å²) in [5, 5.41) is 12.8. The summed E-state index contributed by atoms with van der Waals surface area (Å²) < 4.78 is 15.8. The van der Waals surface area contributed by atoms with Crippen LogP contribution >= 0.6 is 0 Å². The van der Waals surface area contributed by atoms with Crippen molar-refractivity contribution in [3.63, 3.8) is 0 Å². The Hall–Kier alpha value is -3.80. The Labute approximate surface area is 160 Å². The highest BCUT2D eigenvalue weighted by molar-refractivity contribution is 5.93. The fraction of sp³-hybridized carbons (Fsp3) is 0.0455. The zero-order valence-corrected chi connectivity index (χ0v) is 14.9. The van der Waals surface area contributed by atoms with Gasteiger partial charge in [0.15, 0.2) is 5.65 Å². The van der Waals surface area contributed by atoms with Gasteiger partial charge in [0.05, 0.1) is 5.52 Å². The van der Waals surface area contributed by atoms with Crippen LogP contribution in [-0.4, -0.2) is 19.8 Å². The van der Waals surface area contributed by atoms with Gasteiger partial charge in [-0.2, -0.15) is 4.52 Å². The van der Waals surface area contributed by atoms with Crippen molar-refractivity contribution in [1.82, 2.24) is 19.8 Å². The fourth-order valence-electron chi connectivity index (χ4n) is 3.30. The zero-order chi connectivity index (χ0) is 18.9. The number of nitrogens with zero attached hydrogens (tertiary/aromatic N) is 4. The van der Waals surface area contributed by atoms with Crippen LogP contribution in [-0.2, 0) is 6.54 Å².